The number of rotatable bonds is 4. The molecule has 0 aromatic heterocycles. The van der Waals surface area contributed by atoms with Crippen molar-refractivity contribution in [2.45, 2.75) is 4.90 Å². The van der Waals surface area contributed by atoms with Gasteiger partial charge in [-0.3, -0.25) is 4.55 Å². The first-order valence-corrected chi connectivity index (χ1v) is 13.6. The van der Waals surface area contributed by atoms with Crippen LogP contribution in [0.1, 0.15) is 20.7 Å². The number of aromatic carboxylic acids is 1. The molecule has 9 nitrogen and oxygen atoms in total. The summed E-state index contributed by atoms with van der Waals surface area (Å²) in [4.78, 5) is 33.4. The molecule has 18 heteroatoms. The first-order chi connectivity index (χ1) is 16.0. The number of halogens is 8. The van der Waals surface area contributed by atoms with Crippen LogP contribution in [0.15, 0.2) is 4.90 Å². The van der Waals surface area contributed by atoms with E-state index in [1.165, 1.54) is 12.0 Å². The van der Waals surface area contributed by atoms with Crippen molar-refractivity contribution in [3.63, 3.8) is 0 Å². The van der Waals surface area contributed by atoms with Gasteiger partial charge in [0.15, 0.2) is 16.5 Å². The minimum atomic E-state index is -5.73. The van der Waals surface area contributed by atoms with Gasteiger partial charge in [-0.2, -0.15) is 17.2 Å². The van der Waals surface area contributed by atoms with Gasteiger partial charge in [0.25, 0.3) is 0 Å². The second-order valence-corrected chi connectivity index (χ2v) is 11.4. The molecule has 0 radical (unpaired) electrons. The summed E-state index contributed by atoms with van der Waals surface area (Å²) in [6.45, 7) is 0. The molecule has 0 aliphatic rings. The third-order valence-corrected chi connectivity index (χ3v) is 11.9. The van der Waals surface area contributed by atoms with Crippen molar-refractivity contribution < 1.29 is 59.5 Å². The summed E-state index contributed by atoms with van der Waals surface area (Å²) in [5, 5.41) is 9.46. The van der Waals surface area contributed by atoms with E-state index in [-0.39, 0.29) is 7.14 Å². The van der Waals surface area contributed by atoms with E-state index in [9.17, 15) is 45.5 Å². The van der Waals surface area contributed by atoms with Crippen molar-refractivity contribution in [1.82, 2.24) is 0 Å². The summed E-state index contributed by atoms with van der Waals surface area (Å²) in [7, 11) is -5.73. The van der Waals surface area contributed by atoms with Crippen molar-refractivity contribution in [1.29, 1.82) is 0 Å². The zero-order valence-corrected chi connectivity index (χ0v) is 25.1. The molecular formula is C17H2F4I4O9S. The molecule has 0 heterocycles. The zero-order valence-electron chi connectivity index (χ0n) is 15.7. The molecule has 0 saturated carbocycles. The summed E-state index contributed by atoms with van der Waals surface area (Å²) in [5.74, 6) is -15.4. The van der Waals surface area contributed by atoms with E-state index in [2.05, 4.69) is 9.47 Å². The molecule has 0 amide bonds. The Hall–Kier alpha value is -1.04. The second kappa shape index (κ2) is 11.6. The highest BCUT2D eigenvalue weighted by atomic mass is 127. The molecule has 2 aromatic rings. The van der Waals surface area contributed by atoms with Crippen LogP contribution in [-0.4, -0.2) is 36.0 Å². The normalized spacial score (nSPS) is 10.9. The van der Waals surface area contributed by atoms with E-state index in [0.717, 1.165) is 0 Å². The van der Waals surface area contributed by atoms with Crippen LogP contribution in [0.3, 0.4) is 0 Å². The minimum absolute atomic E-state index is 0.189. The predicted octanol–water partition coefficient (Wildman–Crippen LogP) is 4.33. The van der Waals surface area contributed by atoms with Gasteiger partial charge in [-0.05, 0) is 90.4 Å². The molecule has 186 valence electrons. The largest absolute Gasteiger partial charge is 0.478 e. The molecule has 2 rings (SSSR count). The van der Waals surface area contributed by atoms with Crippen LogP contribution in [0.5, 0.6) is 5.75 Å². The summed E-state index contributed by atoms with van der Waals surface area (Å²) in [6, 6.07) is 0. The molecule has 2 N–H and O–H groups in total. The average Bonchev–Trinajstić information content (AvgIpc) is 2.74. The van der Waals surface area contributed by atoms with Gasteiger partial charge in [-0.25, -0.2) is 23.2 Å². The van der Waals surface area contributed by atoms with Crippen molar-refractivity contribution >= 4 is 118 Å². The first-order valence-electron chi connectivity index (χ1n) is 7.88. The molecule has 0 saturated heterocycles. The SMILES string of the molecule is O=C(C#COC(=O)c1c(I)c(I)c(I)c(I)c1C(=O)O)Oc1c(F)c(F)c(S(=O)(=O)O)c(F)c1F. The Morgan fingerprint density at radius 2 is 1.26 bits per heavy atom. The maximum Gasteiger partial charge on any atom is 0.393 e. The highest BCUT2D eigenvalue weighted by molar-refractivity contribution is 14.1. The quantitative estimate of drug-likeness (QED) is 0.0670. The maximum atomic E-state index is 13.9. The van der Waals surface area contributed by atoms with E-state index < -0.39 is 73.1 Å². The fourth-order valence-electron chi connectivity index (χ4n) is 2.21. The van der Waals surface area contributed by atoms with E-state index >= 15 is 0 Å². The lowest BCUT2D eigenvalue weighted by Crippen LogP contribution is -2.17. The van der Waals surface area contributed by atoms with Crippen LogP contribution in [0.25, 0.3) is 0 Å². The second-order valence-electron chi connectivity index (χ2n) is 5.71. The van der Waals surface area contributed by atoms with Gasteiger partial charge in [0.1, 0.15) is 6.11 Å². The number of hydrogen-bond acceptors (Lipinski definition) is 7. The average molecular weight is 966 g/mol. The van der Waals surface area contributed by atoms with Crippen LogP contribution in [0.2, 0.25) is 0 Å². The Balaban J connectivity index is 2.37. The molecule has 0 atom stereocenters. The van der Waals surface area contributed by atoms with Crippen LogP contribution in [-0.2, 0) is 19.6 Å². The Bertz CT molecular complexity index is 1450. The van der Waals surface area contributed by atoms with Gasteiger partial charge in [-0.1, -0.05) is 0 Å². The summed E-state index contributed by atoms with van der Waals surface area (Å²) in [5.41, 5.74) is -0.819. The highest BCUT2D eigenvalue weighted by Gasteiger charge is 2.34. The van der Waals surface area contributed by atoms with Gasteiger partial charge in [0, 0.05) is 14.3 Å². The number of carbonyl (C=O) groups excluding carboxylic acids is 2. The van der Waals surface area contributed by atoms with Gasteiger partial charge in [-0.15, -0.1) is 0 Å². The molecule has 0 bridgehead atoms. The van der Waals surface area contributed by atoms with Crippen molar-refractivity contribution in [3.05, 3.63) is 48.7 Å². The van der Waals surface area contributed by atoms with Crippen molar-refractivity contribution in [2.75, 3.05) is 0 Å². The Labute approximate surface area is 246 Å². The van der Waals surface area contributed by atoms with Crippen LogP contribution in [0.4, 0.5) is 17.6 Å². The van der Waals surface area contributed by atoms with E-state index in [1.54, 1.807) is 45.2 Å². The molecule has 35 heavy (non-hydrogen) atoms. The lowest BCUT2D eigenvalue weighted by molar-refractivity contribution is -0.128. The van der Waals surface area contributed by atoms with Gasteiger partial charge < -0.3 is 14.6 Å². The Morgan fingerprint density at radius 3 is 1.69 bits per heavy atom. The highest BCUT2D eigenvalue weighted by Crippen LogP contribution is 2.34. The standard InChI is InChI=1S/C17H2F4I4O9S/c18-6-8(20)15(35(30,31)32)9(21)7(19)14(6)34-3(26)1-2-33-17(29)5-4(16(27)28)10(22)12(24)13(25)11(5)23/h(H,27,28)(H,30,31,32). The van der Waals surface area contributed by atoms with Crippen molar-refractivity contribution in [2.24, 2.45) is 0 Å². The van der Waals surface area contributed by atoms with E-state index in [4.69, 9.17) is 4.55 Å². The summed E-state index contributed by atoms with van der Waals surface area (Å²) in [6.07, 6.45) is 1.51. The lowest BCUT2D eigenvalue weighted by Gasteiger charge is -2.12. The van der Waals surface area contributed by atoms with Crippen LogP contribution >= 0.6 is 90.4 Å². The van der Waals surface area contributed by atoms with Crippen LogP contribution in [0, 0.1) is 49.6 Å². The van der Waals surface area contributed by atoms with Gasteiger partial charge in [0.05, 0.1) is 17.0 Å². The summed E-state index contributed by atoms with van der Waals surface area (Å²) < 4.78 is 95.8. The number of carbonyl (C=O) groups is 3. The van der Waals surface area contributed by atoms with Crippen LogP contribution < -0.4 is 4.74 Å². The number of esters is 2. The Kier molecular flexibility index (Phi) is 9.97. The minimum Gasteiger partial charge on any atom is -0.478 e. The number of benzene rings is 2. The molecule has 0 spiro atoms. The number of carboxylic acids is 1. The first kappa shape index (κ1) is 30.2. The van der Waals surface area contributed by atoms with E-state index in [1.807, 2.05) is 45.2 Å². The molecule has 2 aromatic carbocycles. The molecule has 0 unspecified atom stereocenters. The molecular weight excluding hydrogens is 964 g/mol. The van der Waals surface area contributed by atoms with Gasteiger partial charge in [0.2, 0.25) is 17.4 Å². The lowest BCUT2D eigenvalue weighted by atomic mass is 10.1. The fourth-order valence-corrected chi connectivity index (χ4v) is 6.49. The predicted molar refractivity (Wildman–Crippen MR) is 139 cm³/mol. The third kappa shape index (κ3) is 6.27. The number of ether oxygens (including phenoxy) is 2. The number of carboxylic acid groups (broad SMARTS) is 1. The monoisotopic (exact) mass is 966 g/mol. The summed E-state index contributed by atoms with van der Waals surface area (Å²) >= 11 is 7.12. The topological polar surface area (TPSA) is 144 Å². The fraction of sp³-hybridized carbons (Fsp3) is 0. The molecule has 0 fully saturated rings. The molecule has 0 aliphatic carbocycles. The third-order valence-electron chi connectivity index (χ3n) is 3.62. The number of hydrogen-bond donors (Lipinski definition) is 2. The Morgan fingerprint density at radius 1 is 0.800 bits per heavy atom. The molecule has 0 aliphatic heterocycles. The van der Waals surface area contributed by atoms with Gasteiger partial charge >= 0.3 is 28.0 Å². The maximum absolute atomic E-state index is 13.9. The smallest absolute Gasteiger partial charge is 0.393 e. The van der Waals surface area contributed by atoms with Crippen molar-refractivity contribution in [3.8, 4) is 17.8 Å². The van der Waals surface area contributed by atoms with E-state index in [0.29, 0.717) is 7.14 Å². The zero-order chi connectivity index (χ0) is 27.0.